The third kappa shape index (κ3) is 3.01. The summed E-state index contributed by atoms with van der Waals surface area (Å²) in [6.07, 6.45) is 0. The van der Waals surface area contributed by atoms with Gasteiger partial charge in [0.05, 0.1) is 22.2 Å². The molecular formula is C9H9Cl2N3O2. The number of amidine groups is 1. The third-order valence-corrected chi connectivity index (χ3v) is 2.38. The topological polar surface area (TPSA) is 87.7 Å². The van der Waals surface area contributed by atoms with Crippen molar-refractivity contribution in [3.8, 4) is 0 Å². The van der Waals surface area contributed by atoms with E-state index in [2.05, 4.69) is 10.5 Å². The van der Waals surface area contributed by atoms with Gasteiger partial charge in [0, 0.05) is 0 Å². The molecule has 0 aliphatic rings. The van der Waals surface area contributed by atoms with E-state index in [-0.39, 0.29) is 28.0 Å². The minimum atomic E-state index is -0.484. The highest BCUT2D eigenvalue weighted by atomic mass is 35.5. The molecule has 0 fully saturated rings. The van der Waals surface area contributed by atoms with Crippen molar-refractivity contribution in [2.24, 2.45) is 10.9 Å². The van der Waals surface area contributed by atoms with Crippen LogP contribution in [0.25, 0.3) is 0 Å². The number of hydrogen-bond acceptors (Lipinski definition) is 3. The minimum absolute atomic E-state index is 0.0864. The number of hydrogen-bond donors (Lipinski definition) is 3. The van der Waals surface area contributed by atoms with Crippen LogP contribution < -0.4 is 11.1 Å². The van der Waals surface area contributed by atoms with Crippen molar-refractivity contribution in [2.45, 2.75) is 0 Å². The zero-order valence-corrected chi connectivity index (χ0v) is 9.59. The lowest BCUT2D eigenvalue weighted by Gasteiger charge is -2.07. The fraction of sp³-hybridized carbons (Fsp3) is 0.111. The van der Waals surface area contributed by atoms with E-state index in [9.17, 15) is 4.79 Å². The van der Waals surface area contributed by atoms with E-state index < -0.39 is 5.91 Å². The zero-order chi connectivity index (χ0) is 12.1. The zero-order valence-electron chi connectivity index (χ0n) is 8.08. The maximum Gasteiger partial charge on any atom is 0.254 e. The number of nitrogens with one attached hydrogen (secondary N) is 1. The lowest BCUT2D eigenvalue weighted by atomic mass is 10.2. The molecule has 4 N–H and O–H groups in total. The van der Waals surface area contributed by atoms with E-state index in [4.69, 9.17) is 34.1 Å². The van der Waals surface area contributed by atoms with Gasteiger partial charge >= 0.3 is 0 Å². The molecule has 1 amide bonds. The Morgan fingerprint density at radius 3 is 2.50 bits per heavy atom. The van der Waals surface area contributed by atoms with Gasteiger partial charge < -0.3 is 16.3 Å². The summed E-state index contributed by atoms with van der Waals surface area (Å²) >= 11 is 11.6. The average Bonchev–Trinajstić information content (AvgIpc) is 2.25. The van der Waals surface area contributed by atoms with Crippen LogP contribution in [-0.4, -0.2) is 23.5 Å². The van der Waals surface area contributed by atoms with Crippen LogP contribution >= 0.6 is 23.2 Å². The van der Waals surface area contributed by atoms with Crippen LogP contribution in [0.15, 0.2) is 23.4 Å². The number of halogens is 2. The van der Waals surface area contributed by atoms with E-state index >= 15 is 0 Å². The van der Waals surface area contributed by atoms with Gasteiger partial charge in [-0.1, -0.05) is 34.4 Å². The van der Waals surface area contributed by atoms with Crippen molar-refractivity contribution in [3.63, 3.8) is 0 Å². The molecule has 1 rings (SSSR count). The summed E-state index contributed by atoms with van der Waals surface area (Å²) in [5.41, 5.74) is 5.36. The monoisotopic (exact) mass is 261 g/mol. The van der Waals surface area contributed by atoms with Crippen LogP contribution in [0.1, 0.15) is 10.4 Å². The summed E-state index contributed by atoms with van der Waals surface area (Å²) in [5.74, 6) is -0.598. The molecule has 0 heterocycles. The van der Waals surface area contributed by atoms with E-state index in [0.717, 1.165) is 0 Å². The van der Waals surface area contributed by atoms with Crippen molar-refractivity contribution in [1.82, 2.24) is 5.32 Å². The van der Waals surface area contributed by atoms with Gasteiger partial charge in [0.15, 0.2) is 5.84 Å². The second kappa shape index (κ2) is 5.58. The summed E-state index contributed by atoms with van der Waals surface area (Å²) in [5, 5.41) is 13.9. The van der Waals surface area contributed by atoms with Gasteiger partial charge in [0.1, 0.15) is 0 Å². The molecule has 0 spiro atoms. The maximum absolute atomic E-state index is 11.6. The van der Waals surface area contributed by atoms with Gasteiger partial charge in [-0.15, -0.1) is 0 Å². The summed E-state index contributed by atoms with van der Waals surface area (Å²) in [6.45, 7) is -0.0864. The Kier molecular flexibility index (Phi) is 4.39. The number of carbonyl (C=O) groups excluding carboxylic acids is 1. The molecule has 0 aromatic heterocycles. The highest BCUT2D eigenvalue weighted by Crippen LogP contribution is 2.23. The molecule has 0 atom stereocenters. The Balaban J connectivity index is 2.81. The molecule has 0 bridgehead atoms. The van der Waals surface area contributed by atoms with Crippen molar-refractivity contribution < 1.29 is 10.0 Å². The van der Waals surface area contributed by atoms with Crippen molar-refractivity contribution in [3.05, 3.63) is 33.8 Å². The molecular weight excluding hydrogens is 253 g/mol. The highest BCUT2D eigenvalue weighted by Gasteiger charge is 2.14. The molecule has 0 aliphatic heterocycles. The summed E-state index contributed by atoms with van der Waals surface area (Å²) in [7, 11) is 0. The minimum Gasteiger partial charge on any atom is -0.409 e. The highest BCUT2D eigenvalue weighted by molar-refractivity contribution is 6.39. The number of oxime groups is 1. The molecule has 0 saturated carbocycles. The summed E-state index contributed by atoms with van der Waals surface area (Å²) < 4.78 is 0. The Morgan fingerprint density at radius 2 is 2.00 bits per heavy atom. The summed E-state index contributed by atoms with van der Waals surface area (Å²) in [6, 6.07) is 4.72. The van der Waals surface area contributed by atoms with Crippen LogP contribution in [0.2, 0.25) is 10.0 Å². The van der Waals surface area contributed by atoms with Gasteiger partial charge in [-0.2, -0.15) is 0 Å². The summed E-state index contributed by atoms with van der Waals surface area (Å²) in [4.78, 5) is 11.6. The number of amides is 1. The Hall–Kier alpha value is -1.46. The van der Waals surface area contributed by atoms with Crippen molar-refractivity contribution in [2.75, 3.05) is 6.54 Å². The fourth-order valence-electron chi connectivity index (χ4n) is 1.01. The molecule has 0 radical (unpaired) electrons. The molecule has 0 saturated heterocycles. The SMILES string of the molecule is N/C(CNC(=O)c1c(Cl)cccc1Cl)=N\O. The fourth-order valence-corrected chi connectivity index (χ4v) is 1.58. The number of nitrogens with zero attached hydrogens (tertiary/aromatic N) is 1. The molecule has 16 heavy (non-hydrogen) atoms. The van der Waals surface area contributed by atoms with Gasteiger partial charge in [-0.3, -0.25) is 4.79 Å². The molecule has 0 aliphatic carbocycles. The van der Waals surface area contributed by atoms with Gasteiger partial charge in [0.25, 0.3) is 5.91 Å². The van der Waals surface area contributed by atoms with Crippen LogP contribution in [0.4, 0.5) is 0 Å². The van der Waals surface area contributed by atoms with Crippen LogP contribution in [0.3, 0.4) is 0 Å². The second-order valence-corrected chi connectivity index (χ2v) is 3.69. The van der Waals surface area contributed by atoms with Crippen molar-refractivity contribution in [1.29, 1.82) is 0 Å². The lowest BCUT2D eigenvalue weighted by molar-refractivity contribution is 0.0959. The van der Waals surface area contributed by atoms with Gasteiger partial charge in [-0.25, -0.2) is 0 Å². The molecule has 86 valence electrons. The van der Waals surface area contributed by atoms with E-state index in [1.165, 1.54) is 0 Å². The Bertz CT molecular complexity index is 415. The van der Waals surface area contributed by atoms with E-state index in [1.54, 1.807) is 18.2 Å². The predicted molar refractivity (Wildman–Crippen MR) is 62.2 cm³/mol. The second-order valence-electron chi connectivity index (χ2n) is 2.87. The number of nitrogens with two attached hydrogens (primary N) is 1. The first kappa shape index (κ1) is 12.6. The first-order valence-electron chi connectivity index (χ1n) is 4.25. The largest absolute Gasteiger partial charge is 0.409 e. The van der Waals surface area contributed by atoms with Gasteiger partial charge in [-0.05, 0) is 12.1 Å². The lowest BCUT2D eigenvalue weighted by Crippen LogP contribution is -2.33. The maximum atomic E-state index is 11.6. The molecule has 1 aromatic carbocycles. The Morgan fingerprint density at radius 1 is 1.44 bits per heavy atom. The number of carbonyl (C=O) groups is 1. The number of rotatable bonds is 3. The van der Waals surface area contributed by atoms with Crippen LogP contribution in [0.5, 0.6) is 0 Å². The van der Waals surface area contributed by atoms with E-state index in [1.807, 2.05) is 0 Å². The standard InChI is InChI=1S/C9H9Cl2N3O2/c10-5-2-1-3-6(11)8(5)9(15)13-4-7(12)14-16/h1-3,16H,4H2,(H2,12,14)(H,13,15). The number of benzene rings is 1. The van der Waals surface area contributed by atoms with E-state index in [0.29, 0.717) is 0 Å². The molecule has 7 heteroatoms. The normalized spacial score (nSPS) is 11.2. The third-order valence-electron chi connectivity index (χ3n) is 1.75. The van der Waals surface area contributed by atoms with Crippen molar-refractivity contribution >= 4 is 34.9 Å². The predicted octanol–water partition coefficient (Wildman–Crippen LogP) is 1.47. The smallest absolute Gasteiger partial charge is 0.254 e. The molecule has 0 unspecified atom stereocenters. The quantitative estimate of drug-likeness (QED) is 0.333. The first-order valence-corrected chi connectivity index (χ1v) is 5.00. The first-order chi connectivity index (χ1) is 7.56. The van der Waals surface area contributed by atoms with Crippen LogP contribution in [-0.2, 0) is 0 Å². The van der Waals surface area contributed by atoms with Crippen LogP contribution in [0, 0.1) is 0 Å². The van der Waals surface area contributed by atoms with Gasteiger partial charge in [0.2, 0.25) is 0 Å². The average molecular weight is 262 g/mol. The molecule has 5 nitrogen and oxygen atoms in total. The molecule has 1 aromatic rings. The Labute approximate surface area is 102 Å².